The molecule has 0 bridgehead atoms. The Balaban J connectivity index is 1.43. The molecule has 4 aromatic rings. The largest absolute Gasteiger partial charge is 0.494 e. The number of carbonyl (C=O) groups excluding carboxylic acids is 2. The van der Waals surface area contributed by atoms with Gasteiger partial charge in [-0.15, -0.1) is 0 Å². The topological polar surface area (TPSA) is 121 Å². The van der Waals surface area contributed by atoms with Crippen molar-refractivity contribution >= 4 is 38.3 Å². The minimum absolute atomic E-state index is 0.0410. The highest BCUT2D eigenvalue weighted by Crippen LogP contribution is 2.35. The van der Waals surface area contributed by atoms with E-state index in [4.69, 9.17) is 0 Å². The van der Waals surface area contributed by atoms with Crippen LogP contribution in [0, 0.1) is 18.8 Å². The van der Waals surface area contributed by atoms with Crippen LogP contribution in [-0.2, 0) is 14.8 Å². The fraction of sp³-hybridized carbons (Fsp3) is 0.405. The Labute approximate surface area is 278 Å². The number of rotatable bonds is 12. The number of aromatic hydroxyl groups is 1. The molecular formula is C37H46N4O5S. The molecule has 1 aliphatic rings. The SMILES string of the molecule is Cc1ccccc1S(=O)(=O)NC(=O)CC(NC(=O)c1ccc(N(C)CCC(C)C)c(-n2cc3ccccc3c2O)c1)C1CCCCC1. The van der Waals surface area contributed by atoms with Crippen molar-refractivity contribution in [3.63, 3.8) is 0 Å². The van der Waals surface area contributed by atoms with Crippen molar-refractivity contribution in [1.82, 2.24) is 14.6 Å². The number of benzene rings is 3. The maximum absolute atomic E-state index is 13.9. The van der Waals surface area contributed by atoms with Gasteiger partial charge in [-0.1, -0.05) is 69.5 Å². The summed E-state index contributed by atoms with van der Waals surface area (Å²) in [6.45, 7) is 6.82. The van der Waals surface area contributed by atoms with Crippen molar-refractivity contribution in [2.45, 2.75) is 76.7 Å². The molecule has 1 saturated carbocycles. The van der Waals surface area contributed by atoms with E-state index in [1.807, 2.05) is 43.6 Å². The number of amides is 2. The number of anilines is 1. The van der Waals surface area contributed by atoms with Crippen molar-refractivity contribution in [2.24, 2.45) is 11.8 Å². The molecule has 0 spiro atoms. The van der Waals surface area contributed by atoms with Gasteiger partial charge in [-0.2, -0.15) is 0 Å². The van der Waals surface area contributed by atoms with Crippen LogP contribution in [0.2, 0.25) is 0 Å². The van der Waals surface area contributed by atoms with Crippen LogP contribution in [0.15, 0.2) is 77.8 Å². The van der Waals surface area contributed by atoms with E-state index in [0.717, 1.165) is 56.1 Å². The molecule has 3 N–H and O–H groups in total. The first kappa shape index (κ1) is 34.0. The highest BCUT2D eigenvalue weighted by atomic mass is 32.2. The van der Waals surface area contributed by atoms with Crippen LogP contribution in [0.25, 0.3) is 16.5 Å². The molecule has 1 heterocycles. The van der Waals surface area contributed by atoms with Gasteiger partial charge in [0.2, 0.25) is 11.8 Å². The maximum atomic E-state index is 13.9. The third-order valence-electron chi connectivity index (χ3n) is 9.22. The predicted octanol–water partition coefficient (Wildman–Crippen LogP) is 6.70. The average molecular weight is 659 g/mol. The van der Waals surface area contributed by atoms with Crippen LogP contribution in [-0.4, -0.2) is 49.5 Å². The molecule has 2 amide bonds. The summed E-state index contributed by atoms with van der Waals surface area (Å²) in [7, 11) is -2.06. The molecule has 5 rings (SSSR count). The number of hydrogen-bond acceptors (Lipinski definition) is 6. The minimum Gasteiger partial charge on any atom is -0.494 e. The lowest BCUT2D eigenvalue weighted by Gasteiger charge is -2.31. The van der Waals surface area contributed by atoms with Crippen LogP contribution >= 0.6 is 0 Å². The normalized spacial score (nSPS) is 14.7. The number of aryl methyl sites for hydroxylation is 1. The van der Waals surface area contributed by atoms with E-state index in [-0.39, 0.29) is 29.0 Å². The molecule has 10 heteroatoms. The van der Waals surface area contributed by atoms with E-state index in [1.54, 1.807) is 41.8 Å². The first-order valence-corrected chi connectivity index (χ1v) is 18.0. The summed E-state index contributed by atoms with van der Waals surface area (Å²) in [6, 6.07) is 19.0. The smallest absolute Gasteiger partial charge is 0.264 e. The van der Waals surface area contributed by atoms with Crippen molar-refractivity contribution in [3.05, 3.63) is 84.1 Å². The molecule has 9 nitrogen and oxygen atoms in total. The number of hydrogen-bond donors (Lipinski definition) is 3. The van der Waals surface area contributed by atoms with Crippen molar-refractivity contribution < 1.29 is 23.1 Å². The summed E-state index contributed by atoms with van der Waals surface area (Å²) in [5.41, 5.74) is 2.45. The Morgan fingerprint density at radius 3 is 2.40 bits per heavy atom. The van der Waals surface area contributed by atoms with Gasteiger partial charge in [0.15, 0.2) is 0 Å². The second-order valence-corrected chi connectivity index (χ2v) is 14.8. The van der Waals surface area contributed by atoms with Gasteiger partial charge in [-0.05, 0) is 73.9 Å². The number of nitrogens with one attached hydrogen (secondary N) is 2. The average Bonchev–Trinajstić information content (AvgIpc) is 3.39. The van der Waals surface area contributed by atoms with Crippen LogP contribution in [0.4, 0.5) is 5.69 Å². The van der Waals surface area contributed by atoms with Crippen molar-refractivity contribution in [2.75, 3.05) is 18.5 Å². The Hall–Kier alpha value is -4.31. The van der Waals surface area contributed by atoms with Crippen LogP contribution in [0.5, 0.6) is 5.88 Å². The number of sulfonamides is 1. The summed E-state index contributed by atoms with van der Waals surface area (Å²) in [6.07, 6.45) is 7.44. The lowest BCUT2D eigenvalue weighted by atomic mass is 9.82. The Kier molecular flexibility index (Phi) is 10.6. The molecular weight excluding hydrogens is 612 g/mol. The van der Waals surface area contributed by atoms with Gasteiger partial charge in [-0.3, -0.25) is 14.2 Å². The molecule has 1 fully saturated rings. The number of aromatic nitrogens is 1. The highest BCUT2D eigenvalue weighted by molar-refractivity contribution is 7.90. The molecule has 0 aliphatic heterocycles. The Morgan fingerprint density at radius 2 is 1.70 bits per heavy atom. The Morgan fingerprint density at radius 1 is 1.00 bits per heavy atom. The molecule has 1 unspecified atom stereocenters. The van der Waals surface area contributed by atoms with Crippen LogP contribution in [0.3, 0.4) is 0 Å². The van der Waals surface area contributed by atoms with Gasteiger partial charge >= 0.3 is 0 Å². The van der Waals surface area contributed by atoms with E-state index < -0.39 is 22.0 Å². The number of fused-ring (bicyclic) bond motifs is 1. The second-order valence-electron chi connectivity index (χ2n) is 13.2. The van der Waals surface area contributed by atoms with E-state index in [2.05, 4.69) is 28.8 Å². The maximum Gasteiger partial charge on any atom is 0.264 e. The summed E-state index contributed by atoms with van der Waals surface area (Å²) in [5, 5.41) is 15.9. The molecule has 1 atom stereocenters. The summed E-state index contributed by atoms with van der Waals surface area (Å²) < 4.78 is 30.1. The fourth-order valence-electron chi connectivity index (χ4n) is 6.51. The lowest BCUT2D eigenvalue weighted by molar-refractivity contribution is -0.120. The number of nitrogens with zero attached hydrogens (tertiary/aromatic N) is 2. The molecule has 1 aliphatic carbocycles. The quantitative estimate of drug-likeness (QED) is 0.156. The van der Waals surface area contributed by atoms with Gasteiger partial charge in [0.1, 0.15) is 0 Å². The molecule has 3 aromatic carbocycles. The van der Waals surface area contributed by atoms with Gasteiger partial charge < -0.3 is 15.3 Å². The van der Waals surface area contributed by atoms with Gasteiger partial charge in [0.25, 0.3) is 15.9 Å². The molecule has 250 valence electrons. The number of carbonyl (C=O) groups is 2. The van der Waals surface area contributed by atoms with E-state index in [9.17, 15) is 23.1 Å². The molecule has 1 aromatic heterocycles. The monoisotopic (exact) mass is 658 g/mol. The van der Waals surface area contributed by atoms with Crippen molar-refractivity contribution in [3.8, 4) is 11.6 Å². The molecule has 0 radical (unpaired) electrons. The molecule has 0 saturated heterocycles. The predicted molar refractivity (Wildman–Crippen MR) is 187 cm³/mol. The third-order valence-corrected chi connectivity index (χ3v) is 10.8. The van der Waals surface area contributed by atoms with E-state index in [1.165, 1.54) is 6.07 Å². The zero-order valence-electron chi connectivity index (χ0n) is 27.7. The lowest BCUT2D eigenvalue weighted by Crippen LogP contribution is -2.45. The minimum atomic E-state index is -4.07. The zero-order valence-corrected chi connectivity index (χ0v) is 28.5. The summed E-state index contributed by atoms with van der Waals surface area (Å²) >= 11 is 0. The fourth-order valence-corrected chi connectivity index (χ4v) is 7.75. The summed E-state index contributed by atoms with van der Waals surface area (Å²) in [4.78, 5) is 29.3. The van der Waals surface area contributed by atoms with Crippen LogP contribution in [0.1, 0.15) is 74.7 Å². The standard InChI is InChI=1S/C37H46N4O5S/c1-25(2)20-21-40(4)32-19-18-28(22-33(32)41-24-29-15-9-10-16-30(29)37(41)44)36(43)38-31(27-13-6-5-7-14-27)23-35(42)39-47(45,46)34-17-11-8-12-26(34)3/h8-12,15-19,22,24-25,27,31,44H,5-7,13-14,20-21,23H2,1-4H3,(H,38,43)(H,39,42). The zero-order chi connectivity index (χ0) is 33.7. The third kappa shape index (κ3) is 7.99. The van der Waals surface area contributed by atoms with Crippen LogP contribution < -0.4 is 14.9 Å². The summed E-state index contributed by atoms with van der Waals surface area (Å²) in [5.74, 6) is -0.378. The Bertz CT molecular complexity index is 1840. The van der Waals surface area contributed by atoms with E-state index >= 15 is 0 Å². The second kappa shape index (κ2) is 14.6. The van der Waals surface area contributed by atoms with E-state index in [0.29, 0.717) is 28.1 Å². The highest BCUT2D eigenvalue weighted by Gasteiger charge is 2.30. The van der Waals surface area contributed by atoms with Crippen molar-refractivity contribution in [1.29, 1.82) is 0 Å². The van der Waals surface area contributed by atoms with Gasteiger partial charge in [0.05, 0.1) is 16.3 Å². The first-order valence-electron chi connectivity index (χ1n) is 16.5. The molecule has 47 heavy (non-hydrogen) atoms. The first-order chi connectivity index (χ1) is 22.4. The van der Waals surface area contributed by atoms with Gasteiger partial charge in [-0.25, -0.2) is 13.1 Å². The van der Waals surface area contributed by atoms with Gasteiger partial charge in [0, 0.05) is 48.6 Å².